The van der Waals surface area contributed by atoms with Crippen LogP contribution in [0.3, 0.4) is 0 Å². The lowest BCUT2D eigenvalue weighted by Crippen LogP contribution is -2.18. The van der Waals surface area contributed by atoms with Gasteiger partial charge in [-0.3, -0.25) is 5.32 Å². The minimum absolute atomic E-state index is 0.120. The number of benzene rings is 1. The molecule has 3 aromatic rings. The predicted octanol–water partition coefficient (Wildman–Crippen LogP) is 3.65. The van der Waals surface area contributed by atoms with Gasteiger partial charge in [-0.25, -0.2) is 14.8 Å². The lowest BCUT2D eigenvalue weighted by molar-refractivity contribution is 0.135. The van der Waals surface area contributed by atoms with Crippen molar-refractivity contribution in [2.45, 2.75) is 0 Å². The number of anilines is 1. The van der Waals surface area contributed by atoms with Crippen LogP contribution in [-0.4, -0.2) is 49.8 Å². The zero-order valence-electron chi connectivity index (χ0n) is 17.0. The zero-order chi connectivity index (χ0) is 23.6. The molecule has 3 rings (SSSR count). The highest BCUT2D eigenvalue weighted by Crippen LogP contribution is 2.40. The van der Waals surface area contributed by atoms with Crippen LogP contribution in [0.4, 0.5) is 16.4 Å². The molecular weight excluding hydrogens is 478 g/mol. The monoisotopic (exact) mass is 493 g/mol. The molecule has 1 aromatic carbocycles. The average Bonchev–Trinajstić information content (AvgIpc) is 2.80. The van der Waals surface area contributed by atoms with E-state index in [1.165, 1.54) is 25.4 Å². The maximum absolute atomic E-state index is 11.8. The summed E-state index contributed by atoms with van der Waals surface area (Å²) in [5, 5.41) is 2.65. The average molecular weight is 494 g/mol. The zero-order valence-corrected chi connectivity index (χ0v) is 18.5. The van der Waals surface area contributed by atoms with E-state index in [1.54, 1.807) is 24.3 Å². The van der Waals surface area contributed by atoms with Gasteiger partial charge in [-0.05, 0) is 24.3 Å². The first-order chi connectivity index (χ1) is 16.0. The second-order valence-corrected chi connectivity index (χ2v) is 6.89. The molecular formula is C19H16ClN5O7S. The molecule has 0 unspecified atom stereocenters. The SMILES string of the molecule is COc1ccc(Cl)c(Oc2c(N=S(=O)=O)ncnc2OCCOC(=O)Nc2ccccn2)c1. The fraction of sp³-hybridized carbons (Fsp3) is 0.158. The van der Waals surface area contributed by atoms with Crippen LogP contribution in [-0.2, 0) is 15.2 Å². The molecule has 12 nitrogen and oxygen atoms in total. The predicted molar refractivity (Wildman–Crippen MR) is 116 cm³/mol. The third-order valence-electron chi connectivity index (χ3n) is 3.71. The van der Waals surface area contributed by atoms with E-state index in [0.717, 1.165) is 6.33 Å². The number of carbonyl (C=O) groups excluding carboxylic acids is 1. The van der Waals surface area contributed by atoms with Crippen LogP contribution in [0.5, 0.6) is 23.1 Å². The Kier molecular flexibility index (Phi) is 8.32. The maximum atomic E-state index is 11.8. The van der Waals surface area contributed by atoms with Crippen LogP contribution in [0.25, 0.3) is 0 Å². The standard InChI is InChI=1S/C19H16ClN5O7S/c1-29-12-5-6-13(20)14(10-12)32-16-17(25-33(27)28)22-11-23-18(16)30-8-9-31-19(26)24-15-4-2-3-7-21-15/h2-7,10-11H,8-9H2,1H3,(H,21,24,26). The number of nitrogens with one attached hydrogen (secondary N) is 1. The van der Waals surface area contributed by atoms with E-state index in [0.29, 0.717) is 11.6 Å². The van der Waals surface area contributed by atoms with E-state index < -0.39 is 16.6 Å². The van der Waals surface area contributed by atoms with Gasteiger partial charge in [0.25, 0.3) is 5.88 Å². The minimum atomic E-state index is -2.83. The molecule has 0 saturated heterocycles. The summed E-state index contributed by atoms with van der Waals surface area (Å²) in [5.41, 5.74) is 0. The van der Waals surface area contributed by atoms with Crippen molar-refractivity contribution >= 4 is 39.8 Å². The van der Waals surface area contributed by atoms with Gasteiger partial charge in [-0.15, -0.1) is 4.36 Å². The van der Waals surface area contributed by atoms with Gasteiger partial charge in [0.05, 0.1) is 12.1 Å². The number of rotatable bonds is 9. The molecule has 0 fully saturated rings. The Morgan fingerprint density at radius 2 is 2.00 bits per heavy atom. The van der Waals surface area contributed by atoms with E-state index in [9.17, 15) is 13.2 Å². The summed E-state index contributed by atoms with van der Waals surface area (Å²) in [6.07, 6.45) is 1.81. The molecule has 33 heavy (non-hydrogen) atoms. The summed E-state index contributed by atoms with van der Waals surface area (Å²) in [6.45, 7) is -0.309. The Balaban J connectivity index is 1.72. The van der Waals surface area contributed by atoms with Gasteiger partial charge >= 0.3 is 16.6 Å². The fourth-order valence-electron chi connectivity index (χ4n) is 2.33. The molecule has 14 heteroatoms. The quantitative estimate of drug-likeness (QED) is 0.437. The number of nitrogens with zero attached hydrogens (tertiary/aromatic N) is 4. The van der Waals surface area contributed by atoms with Crippen LogP contribution in [0, 0.1) is 0 Å². The molecule has 0 aliphatic heterocycles. The first kappa shape index (κ1) is 23.7. The van der Waals surface area contributed by atoms with Crippen molar-refractivity contribution < 1.29 is 32.2 Å². The second-order valence-electron chi connectivity index (χ2n) is 5.86. The van der Waals surface area contributed by atoms with Crippen molar-refractivity contribution in [2.24, 2.45) is 4.36 Å². The summed E-state index contributed by atoms with van der Waals surface area (Å²) < 4.78 is 46.9. The van der Waals surface area contributed by atoms with E-state index in [-0.39, 0.29) is 41.4 Å². The smallest absolute Gasteiger partial charge is 0.412 e. The molecule has 1 amide bonds. The van der Waals surface area contributed by atoms with E-state index in [4.69, 9.17) is 30.5 Å². The number of pyridine rings is 1. The molecule has 0 spiro atoms. The van der Waals surface area contributed by atoms with E-state index in [1.807, 2.05) is 0 Å². The Labute approximate surface area is 194 Å². The normalized spacial score (nSPS) is 10.1. The van der Waals surface area contributed by atoms with Crippen LogP contribution >= 0.6 is 11.6 Å². The van der Waals surface area contributed by atoms with Crippen molar-refractivity contribution in [3.8, 4) is 23.1 Å². The molecule has 172 valence electrons. The Hall–Kier alpha value is -3.97. The molecule has 0 aliphatic rings. The van der Waals surface area contributed by atoms with E-state index >= 15 is 0 Å². The number of amides is 1. The topological polar surface area (TPSA) is 151 Å². The third kappa shape index (κ3) is 7.02. The molecule has 0 atom stereocenters. The Morgan fingerprint density at radius 3 is 2.73 bits per heavy atom. The third-order valence-corrected chi connectivity index (χ3v) is 4.35. The lowest BCUT2D eigenvalue weighted by atomic mass is 10.3. The minimum Gasteiger partial charge on any atom is -0.497 e. The highest BCUT2D eigenvalue weighted by Gasteiger charge is 2.18. The largest absolute Gasteiger partial charge is 0.497 e. The first-order valence-corrected chi connectivity index (χ1v) is 10.5. The summed E-state index contributed by atoms with van der Waals surface area (Å²) in [7, 11) is -1.37. The Morgan fingerprint density at radius 1 is 1.15 bits per heavy atom. The number of carbonyl (C=O) groups is 1. The van der Waals surface area contributed by atoms with Crippen LogP contribution in [0.15, 0.2) is 53.3 Å². The van der Waals surface area contributed by atoms with Gasteiger partial charge in [-0.1, -0.05) is 17.7 Å². The molecule has 0 bridgehead atoms. The Bertz CT molecular complexity index is 1250. The number of hydrogen-bond acceptors (Lipinski definition) is 11. The summed E-state index contributed by atoms with van der Waals surface area (Å²) in [5.74, 6) is 0.196. The van der Waals surface area contributed by atoms with Crippen LogP contribution < -0.4 is 19.5 Å². The molecule has 0 radical (unpaired) electrons. The van der Waals surface area contributed by atoms with Crippen molar-refractivity contribution in [1.82, 2.24) is 15.0 Å². The number of halogens is 1. The maximum Gasteiger partial charge on any atom is 0.412 e. The number of hydrogen-bond donors (Lipinski definition) is 1. The highest BCUT2D eigenvalue weighted by atomic mass is 35.5. The number of methoxy groups -OCH3 is 1. The fourth-order valence-corrected chi connectivity index (χ4v) is 2.75. The summed E-state index contributed by atoms with van der Waals surface area (Å²) in [6, 6.07) is 9.61. The van der Waals surface area contributed by atoms with Crippen molar-refractivity contribution in [2.75, 3.05) is 25.6 Å². The van der Waals surface area contributed by atoms with Crippen LogP contribution in [0.2, 0.25) is 5.02 Å². The molecule has 0 aliphatic carbocycles. The highest BCUT2D eigenvalue weighted by molar-refractivity contribution is 7.61. The number of ether oxygens (including phenoxy) is 4. The van der Waals surface area contributed by atoms with Gasteiger partial charge < -0.3 is 18.9 Å². The van der Waals surface area contributed by atoms with Gasteiger partial charge in [0.15, 0.2) is 0 Å². The van der Waals surface area contributed by atoms with E-state index in [2.05, 4.69) is 24.6 Å². The lowest BCUT2D eigenvalue weighted by Gasteiger charge is -2.14. The van der Waals surface area contributed by atoms with Gasteiger partial charge in [0.1, 0.15) is 36.9 Å². The van der Waals surface area contributed by atoms with Crippen molar-refractivity contribution in [3.05, 3.63) is 53.9 Å². The molecule has 2 heterocycles. The molecule has 1 N–H and O–H groups in total. The summed E-state index contributed by atoms with van der Waals surface area (Å²) >= 11 is 6.16. The molecule has 0 saturated carbocycles. The van der Waals surface area contributed by atoms with Crippen molar-refractivity contribution in [3.63, 3.8) is 0 Å². The summed E-state index contributed by atoms with van der Waals surface area (Å²) in [4.78, 5) is 23.5. The van der Waals surface area contributed by atoms with Crippen LogP contribution in [0.1, 0.15) is 0 Å². The van der Waals surface area contributed by atoms with Gasteiger partial charge in [0, 0.05) is 12.3 Å². The first-order valence-electron chi connectivity index (χ1n) is 9.11. The van der Waals surface area contributed by atoms with Crippen molar-refractivity contribution in [1.29, 1.82) is 0 Å². The number of aromatic nitrogens is 3. The second kappa shape index (κ2) is 11.6. The van der Waals surface area contributed by atoms with Gasteiger partial charge in [0.2, 0.25) is 11.6 Å². The molecule has 2 aromatic heterocycles. The van der Waals surface area contributed by atoms with Gasteiger partial charge in [-0.2, -0.15) is 13.4 Å².